The molecule has 0 radical (unpaired) electrons. The first kappa shape index (κ1) is 16.3. The van der Waals surface area contributed by atoms with E-state index in [1.165, 1.54) is 5.69 Å². The summed E-state index contributed by atoms with van der Waals surface area (Å²) in [6.45, 7) is 9.38. The maximum Gasteiger partial charge on any atom is 0.0664 e. The van der Waals surface area contributed by atoms with Crippen molar-refractivity contribution in [2.45, 2.75) is 19.4 Å². The van der Waals surface area contributed by atoms with Crippen LogP contribution < -0.4 is 4.90 Å². The molecule has 1 fully saturated rings. The molecule has 0 amide bonds. The summed E-state index contributed by atoms with van der Waals surface area (Å²) in [4.78, 5) is 7.22. The molecule has 0 bridgehead atoms. The highest BCUT2D eigenvalue weighted by molar-refractivity contribution is 5.46. The molecule has 1 N–H and O–H groups in total. The van der Waals surface area contributed by atoms with E-state index < -0.39 is 0 Å². The Morgan fingerprint density at radius 2 is 1.81 bits per heavy atom. The predicted octanol–water partition coefficient (Wildman–Crippen LogP) is 1.51. The largest absolute Gasteiger partial charge is 0.392 e. The van der Waals surface area contributed by atoms with Gasteiger partial charge in [-0.05, 0) is 25.6 Å². The lowest BCUT2D eigenvalue weighted by atomic mass is 10.2. The van der Waals surface area contributed by atoms with Crippen molar-refractivity contribution < 1.29 is 5.11 Å². The summed E-state index contributed by atoms with van der Waals surface area (Å²) < 4.78 is 0. The van der Waals surface area contributed by atoms with Crippen molar-refractivity contribution in [3.8, 4) is 0 Å². The molecule has 0 aromatic heterocycles. The minimum atomic E-state index is -0.190. The van der Waals surface area contributed by atoms with E-state index in [0.29, 0.717) is 0 Å². The van der Waals surface area contributed by atoms with Crippen LogP contribution in [0.4, 0.5) is 5.69 Å². The molecular formula is C17H29N3O. The molecule has 0 saturated carbocycles. The summed E-state index contributed by atoms with van der Waals surface area (Å²) in [7, 11) is 2.10. The Morgan fingerprint density at radius 1 is 1.14 bits per heavy atom. The molecule has 1 heterocycles. The van der Waals surface area contributed by atoms with Crippen LogP contribution in [0.15, 0.2) is 30.3 Å². The fraction of sp³-hybridized carbons (Fsp3) is 0.647. The molecule has 1 aromatic carbocycles. The number of para-hydroxylation sites is 1. The van der Waals surface area contributed by atoms with Crippen LogP contribution in [-0.4, -0.2) is 73.9 Å². The second kappa shape index (κ2) is 8.37. The van der Waals surface area contributed by atoms with Gasteiger partial charge in [0.1, 0.15) is 0 Å². The summed E-state index contributed by atoms with van der Waals surface area (Å²) >= 11 is 0. The van der Waals surface area contributed by atoms with Crippen molar-refractivity contribution in [1.82, 2.24) is 9.80 Å². The van der Waals surface area contributed by atoms with Crippen molar-refractivity contribution in [3.63, 3.8) is 0 Å². The lowest BCUT2D eigenvalue weighted by Crippen LogP contribution is -2.48. The quantitative estimate of drug-likeness (QED) is 0.825. The average Bonchev–Trinajstić information content (AvgIpc) is 2.54. The van der Waals surface area contributed by atoms with Crippen molar-refractivity contribution >= 4 is 5.69 Å². The van der Waals surface area contributed by atoms with Crippen LogP contribution >= 0.6 is 0 Å². The topological polar surface area (TPSA) is 30.0 Å². The summed E-state index contributed by atoms with van der Waals surface area (Å²) in [5.41, 5.74) is 1.33. The monoisotopic (exact) mass is 291 g/mol. The Morgan fingerprint density at radius 3 is 2.43 bits per heavy atom. The van der Waals surface area contributed by atoms with Gasteiger partial charge in [0.05, 0.1) is 6.10 Å². The summed E-state index contributed by atoms with van der Waals surface area (Å²) in [5, 5.41) is 9.66. The Kier molecular flexibility index (Phi) is 6.49. The second-order valence-electron chi connectivity index (χ2n) is 5.99. The van der Waals surface area contributed by atoms with Gasteiger partial charge in [0.25, 0.3) is 0 Å². The van der Waals surface area contributed by atoms with Crippen LogP contribution in [0.25, 0.3) is 0 Å². The Balaban J connectivity index is 1.67. The predicted molar refractivity (Wildman–Crippen MR) is 88.9 cm³/mol. The van der Waals surface area contributed by atoms with Gasteiger partial charge < -0.3 is 14.9 Å². The van der Waals surface area contributed by atoms with Crippen molar-refractivity contribution in [3.05, 3.63) is 30.3 Å². The number of likely N-dealkylation sites (N-methyl/N-ethyl adjacent to an activating group) is 1. The number of piperazine rings is 1. The fourth-order valence-corrected chi connectivity index (χ4v) is 2.76. The number of hydrogen-bond acceptors (Lipinski definition) is 4. The third-order valence-corrected chi connectivity index (χ3v) is 4.29. The van der Waals surface area contributed by atoms with Gasteiger partial charge >= 0.3 is 0 Å². The molecule has 1 aliphatic rings. The van der Waals surface area contributed by atoms with Gasteiger partial charge in [0, 0.05) is 51.5 Å². The SMILES string of the molecule is CC[C@H](O)CN(C)CCN1CCN(c2ccccc2)CC1. The van der Waals surface area contributed by atoms with E-state index >= 15 is 0 Å². The fourth-order valence-electron chi connectivity index (χ4n) is 2.76. The molecule has 4 heteroatoms. The molecule has 1 atom stereocenters. The van der Waals surface area contributed by atoms with Gasteiger partial charge in [-0.3, -0.25) is 4.90 Å². The third kappa shape index (κ3) is 5.30. The first-order valence-corrected chi connectivity index (χ1v) is 8.08. The Bertz CT molecular complexity index is 390. The molecule has 21 heavy (non-hydrogen) atoms. The van der Waals surface area contributed by atoms with E-state index in [1.54, 1.807) is 0 Å². The van der Waals surface area contributed by atoms with Gasteiger partial charge in [-0.25, -0.2) is 0 Å². The smallest absolute Gasteiger partial charge is 0.0664 e. The summed E-state index contributed by atoms with van der Waals surface area (Å²) in [5.74, 6) is 0. The molecule has 0 spiro atoms. The molecule has 4 nitrogen and oxygen atoms in total. The number of benzene rings is 1. The zero-order valence-electron chi connectivity index (χ0n) is 13.4. The standard InChI is InChI=1S/C17H29N3O/c1-3-17(21)15-18(2)9-10-19-11-13-20(14-12-19)16-7-5-4-6-8-16/h4-8,17,21H,3,9-15H2,1-2H3/t17-/m0/s1. The molecular weight excluding hydrogens is 262 g/mol. The van der Waals surface area contributed by atoms with Gasteiger partial charge in [-0.15, -0.1) is 0 Å². The summed E-state index contributed by atoms with van der Waals surface area (Å²) in [6.07, 6.45) is 0.644. The van der Waals surface area contributed by atoms with E-state index in [2.05, 4.69) is 52.1 Å². The van der Waals surface area contributed by atoms with Crippen LogP contribution in [0.2, 0.25) is 0 Å². The molecule has 118 valence electrons. The van der Waals surface area contributed by atoms with E-state index in [9.17, 15) is 5.11 Å². The number of nitrogens with zero attached hydrogens (tertiary/aromatic N) is 3. The van der Waals surface area contributed by atoms with E-state index in [4.69, 9.17) is 0 Å². The third-order valence-electron chi connectivity index (χ3n) is 4.29. The van der Waals surface area contributed by atoms with Gasteiger partial charge in [0.15, 0.2) is 0 Å². The number of rotatable bonds is 7. The molecule has 0 aliphatic carbocycles. The number of aliphatic hydroxyl groups is 1. The van der Waals surface area contributed by atoms with Crippen LogP contribution in [0, 0.1) is 0 Å². The normalized spacial score (nSPS) is 18.2. The number of aliphatic hydroxyl groups excluding tert-OH is 1. The highest BCUT2D eigenvalue weighted by Crippen LogP contribution is 2.15. The van der Waals surface area contributed by atoms with Crippen molar-refractivity contribution in [2.75, 3.05) is 57.8 Å². The Hall–Kier alpha value is -1.10. The molecule has 2 rings (SSSR count). The minimum Gasteiger partial charge on any atom is -0.392 e. The average molecular weight is 291 g/mol. The second-order valence-corrected chi connectivity index (χ2v) is 5.99. The molecule has 0 unspecified atom stereocenters. The van der Waals surface area contributed by atoms with Crippen molar-refractivity contribution in [2.24, 2.45) is 0 Å². The van der Waals surface area contributed by atoms with Gasteiger partial charge in [-0.1, -0.05) is 25.1 Å². The zero-order chi connectivity index (χ0) is 15.1. The van der Waals surface area contributed by atoms with Gasteiger partial charge in [-0.2, -0.15) is 0 Å². The van der Waals surface area contributed by atoms with Gasteiger partial charge in [0.2, 0.25) is 0 Å². The molecule has 1 aromatic rings. The van der Waals surface area contributed by atoms with Crippen LogP contribution in [-0.2, 0) is 0 Å². The Labute approximate surface area is 129 Å². The first-order chi connectivity index (χ1) is 10.2. The maximum atomic E-state index is 9.66. The highest BCUT2D eigenvalue weighted by Gasteiger charge is 2.17. The first-order valence-electron chi connectivity index (χ1n) is 8.08. The zero-order valence-corrected chi connectivity index (χ0v) is 13.4. The van der Waals surface area contributed by atoms with E-state index in [1.807, 2.05) is 6.92 Å². The van der Waals surface area contributed by atoms with E-state index in [0.717, 1.165) is 52.2 Å². The van der Waals surface area contributed by atoms with Crippen LogP contribution in [0.1, 0.15) is 13.3 Å². The summed E-state index contributed by atoms with van der Waals surface area (Å²) in [6, 6.07) is 10.7. The number of hydrogen-bond donors (Lipinski definition) is 1. The molecule has 1 saturated heterocycles. The maximum absolute atomic E-state index is 9.66. The van der Waals surface area contributed by atoms with E-state index in [-0.39, 0.29) is 6.10 Å². The number of anilines is 1. The van der Waals surface area contributed by atoms with Crippen LogP contribution in [0.3, 0.4) is 0 Å². The van der Waals surface area contributed by atoms with Crippen molar-refractivity contribution in [1.29, 1.82) is 0 Å². The van der Waals surface area contributed by atoms with Crippen LogP contribution in [0.5, 0.6) is 0 Å². The highest BCUT2D eigenvalue weighted by atomic mass is 16.3. The lowest BCUT2D eigenvalue weighted by Gasteiger charge is -2.36. The lowest BCUT2D eigenvalue weighted by molar-refractivity contribution is 0.114. The molecule has 1 aliphatic heterocycles. The minimum absolute atomic E-state index is 0.190.